The minimum atomic E-state index is -0.170. The number of hydrogen-bond acceptors (Lipinski definition) is 5. The second-order valence-electron chi connectivity index (χ2n) is 7.01. The van der Waals surface area contributed by atoms with E-state index in [0.717, 1.165) is 44.6 Å². The third-order valence-corrected chi connectivity index (χ3v) is 5.23. The highest BCUT2D eigenvalue weighted by atomic mass is 16.2. The van der Waals surface area contributed by atoms with E-state index in [1.165, 1.54) is 0 Å². The molecule has 3 aliphatic rings. The summed E-state index contributed by atoms with van der Waals surface area (Å²) >= 11 is 0. The Kier molecular flexibility index (Phi) is 4.08. The molecule has 24 heavy (non-hydrogen) atoms. The van der Waals surface area contributed by atoms with Gasteiger partial charge in [0.1, 0.15) is 5.82 Å². The van der Waals surface area contributed by atoms with Crippen LogP contribution in [0.4, 0.5) is 5.82 Å². The molecule has 0 bridgehead atoms. The number of carbonyl (C=O) groups excluding carboxylic acids is 2. The zero-order valence-corrected chi connectivity index (χ0v) is 13.7. The fourth-order valence-corrected chi connectivity index (χ4v) is 3.67. The Labute approximate surface area is 141 Å². The summed E-state index contributed by atoms with van der Waals surface area (Å²) in [5.41, 5.74) is 0. The Morgan fingerprint density at radius 3 is 2.62 bits per heavy atom. The summed E-state index contributed by atoms with van der Waals surface area (Å²) in [7, 11) is 0. The van der Waals surface area contributed by atoms with Gasteiger partial charge in [-0.1, -0.05) is 0 Å². The van der Waals surface area contributed by atoms with Crippen molar-refractivity contribution in [1.29, 1.82) is 0 Å². The number of hydrogen-bond donors (Lipinski definition) is 1. The average Bonchev–Trinajstić information content (AvgIpc) is 3.38. The van der Waals surface area contributed by atoms with Crippen molar-refractivity contribution in [3.8, 4) is 0 Å². The Balaban J connectivity index is 1.26. The lowest BCUT2D eigenvalue weighted by atomic mass is 10.0. The van der Waals surface area contributed by atoms with Crippen LogP contribution >= 0.6 is 0 Å². The number of anilines is 1. The van der Waals surface area contributed by atoms with E-state index in [1.807, 2.05) is 4.90 Å². The quantitative estimate of drug-likeness (QED) is 0.874. The van der Waals surface area contributed by atoms with Crippen molar-refractivity contribution in [2.75, 3.05) is 24.5 Å². The number of rotatable bonds is 4. The van der Waals surface area contributed by atoms with Crippen LogP contribution in [0.1, 0.15) is 32.1 Å². The van der Waals surface area contributed by atoms with Gasteiger partial charge in [-0.25, -0.2) is 4.98 Å². The number of piperidine rings is 1. The molecule has 7 heteroatoms. The van der Waals surface area contributed by atoms with Crippen molar-refractivity contribution in [2.24, 2.45) is 5.92 Å². The summed E-state index contributed by atoms with van der Waals surface area (Å²) in [4.78, 5) is 37.0. The van der Waals surface area contributed by atoms with Gasteiger partial charge in [-0.3, -0.25) is 14.6 Å². The van der Waals surface area contributed by atoms with Gasteiger partial charge in [-0.15, -0.1) is 0 Å². The minimum absolute atomic E-state index is 0.0458. The van der Waals surface area contributed by atoms with Gasteiger partial charge in [0.05, 0.1) is 12.1 Å². The smallest absolute Gasteiger partial charge is 0.225 e. The zero-order chi connectivity index (χ0) is 16.5. The van der Waals surface area contributed by atoms with E-state index in [9.17, 15) is 9.59 Å². The molecule has 0 aromatic carbocycles. The first-order chi connectivity index (χ1) is 11.7. The molecule has 4 rings (SSSR count). The summed E-state index contributed by atoms with van der Waals surface area (Å²) in [6.45, 7) is 2.33. The molecule has 0 spiro atoms. The number of aromatic nitrogens is 2. The van der Waals surface area contributed by atoms with Crippen LogP contribution < -0.4 is 10.2 Å². The average molecular weight is 329 g/mol. The van der Waals surface area contributed by atoms with Crippen LogP contribution in [0.25, 0.3) is 0 Å². The van der Waals surface area contributed by atoms with Gasteiger partial charge in [0.2, 0.25) is 11.8 Å². The van der Waals surface area contributed by atoms with Crippen LogP contribution in [0.3, 0.4) is 0 Å². The van der Waals surface area contributed by atoms with Gasteiger partial charge in [-0.2, -0.15) is 0 Å². The van der Waals surface area contributed by atoms with Crippen LogP contribution in [-0.2, 0) is 9.59 Å². The molecule has 1 saturated carbocycles. The van der Waals surface area contributed by atoms with Crippen molar-refractivity contribution in [3.05, 3.63) is 18.6 Å². The monoisotopic (exact) mass is 329 g/mol. The summed E-state index contributed by atoms with van der Waals surface area (Å²) in [5, 5.41) is 3.15. The van der Waals surface area contributed by atoms with E-state index >= 15 is 0 Å². The maximum Gasteiger partial charge on any atom is 0.225 e. The van der Waals surface area contributed by atoms with Crippen molar-refractivity contribution < 1.29 is 9.59 Å². The minimum Gasteiger partial charge on any atom is -0.355 e. The number of nitrogens with zero attached hydrogens (tertiary/aromatic N) is 4. The first-order valence-electron chi connectivity index (χ1n) is 8.81. The maximum absolute atomic E-state index is 12.5. The molecule has 2 aliphatic heterocycles. The highest BCUT2D eigenvalue weighted by molar-refractivity contribution is 5.89. The third kappa shape index (κ3) is 3.20. The Morgan fingerprint density at radius 1 is 1.17 bits per heavy atom. The molecule has 1 aromatic rings. The first-order valence-corrected chi connectivity index (χ1v) is 8.81. The number of nitrogens with one attached hydrogen (secondary N) is 1. The third-order valence-electron chi connectivity index (χ3n) is 5.23. The zero-order valence-electron chi connectivity index (χ0n) is 13.7. The lowest BCUT2D eigenvalue weighted by Crippen LogP contribution is -2.47. The molecule has 1 atom stereocenters. The second kappa shape index (κ2) is 6.37. The number of amides is 2. The van der Waals surface area contributed by atoms with Crippen LogP contribution in [-0.4, -0.2) is 58.4 Å². The van der Waals surface area contributed by atoms with Gasteiger partial charge in [0.25, 0.3) is 0 Å². The highest BCUT2D eigenvalue weighted by Gasteiger charge is 2.42. The molecule has 128 valence electrons. The van der Waals surface area contributed by atoms with Crippen molar-refractivity contribution in [1.82, 2.24) is 20.2 Å². The number of likely N-dealkylation sites (tertiary alicyclic amines) is 1. The van der Waals surface area contributed by atoms with E-state index in [2.05, 4.69) is 20.2 Å². The van der Waals surface area contributed by atoms with Crippen LogP contribution in [0.5, 0.6) is 0 Å². The summed E-state index contributed by atoms with van der Waals surface area (Å²) in [5.74, 6) is 0.916. The van der Waals surface area contributed by atoms with Crippen molar-refractivity contribution in [3.63, 3.8) is 0 Å². The van der Waals surface area contributed by atoms with E-state index in [4.69, 9.17) is 0 Å². The molecule has 3 heterocycles. The predicted molar refractivity (Wildman–Crippen MR) is 88.3 cm³/mol. The fourth-order valence-electron chi connectivity index (χ4n) is 3.67. The normalized spacial score (nSPS) is 25.2. The topological polar surface area (TPSA) is 78.4 Å². The Bertz CT molecular complexity index is 611. The van der Waals surface area contributed by atoms with Gasteiger partial charge in [0.15, 0.2) is 0 Å². The molecule has 7 nitrogen and oxygen atoms in total. The molecule has 1 aromatic heterocycles. The van der Waals surface area contributed by atoms with Crippen LogP contribution in [0.15, 0.2) is 18.6 Å². The molecule has 0 radical (unpaired) electrons. The number of carbonyl (C=O) groups is 2. The molecule has 2 amide bonds. The van der Waals surface area contributed by atoms with Gasteiger partial charge in [-0.05, 0) is 25.7 Å². The molecule has 0 unspecified atom stereocenters. The molecular weight excluding hydrogens is 306 g/mol. The molecule has 1 aliphatic carbocycles. The van der Waals surface area contributed by atoms with Crippen molar-refractivity contribution >= 4 is 17.6 Å². The van der Waals surface area contributed by atoms with Gasteiger partial charge < -0.3 is 15.1 Å². The van der Waals surface area contributed by atoms with Crippen LogP contribution in [0, 0.1) is 5.92 Å². The Morgan fingerprint density at radius 2 is 1.96 bits per heavy atom. The van der Waals surface area contributed by atoms with Crippen LogP contribution in [0.2, 0.25) is 0 Å². The van der Waals surface area contributed by atoms with E-state index < -0.39 is 0 Å². The molecule has 3 fully saturated rings. The first kappa shape index (κ1) is 15.4. The predicted octanol–water partition coefficient (Wildman–Crippen LogP) is 0.572. The summed E-state index contributed by atoms with van der Waals surface area (Å²) in [6, 6.07) is 0.598. The lowest BCUT2D eigenvalue weighted by molar-refractivity contribution is -0.129. The maximum atomic E-state index is 12.5. The Hall–Kier alpha value is -2.18. The fraction of sp³-hybridized carbons (Fsp3) is 0.647. The van der Waals surface area contributed by atoms with E-state index in [1.54, 1.807) is 18.6 Å². The second-order valence-corrected chi connectivity index (χ2v) is 7.01. The van der Waals surface area contributed by atoms with E-state index in [0.29, 0.717) is 19.0 Å². The summed E-state index contributed by atoms with van der Waals surface area (Å²) < 4.78 is 0. The largest absolute Gasteiger partial charge is 0.355 e. The van der Waals surface area contributed by atoms with E-state index in [-0.39, 0.29) is 23.8 Å². The lowest BCUT2D eigenvalue weighted by Gasteiger charge is -2.33. The molecular formula is C17H23N5O2. The SMILES string of the molecule is O=C(NC1CCN(c2cnccn2)CC1)[C@@H]1CC(=O)N(C2CC2)C1. The van der Waals surface area contributed by atoms with Crippen molar-refractivity contribution in [2.45, 2.75) is 44.2 Å². The van der Waals surface area contributed by atoms with Gasteiger partial charge >= 0.3 is 0 Å². The molecule has 2 saturated heterocycles. The van der Waals surface area contributed by atoms with Gasteiger partial charge in [0, 0.05) is 50.5 Å². The standard InChI is InChI=1S/C17H23N5O2/c23-16-9-12(11-22(16)14-1-2-14)17(24)20-13-3-7-21(8-4-13)15-10-18-5-6-19-15/h5-6,10,12-14H,1-4,7-9,11H2,(H,20,24)/t12-/m1/s1. The highest BCUT2D eigenvalue weighted by Crippen LogP contribution is 2.32. The summed E-state index contributed by atoms with van der Waals surface area (Å²) in [6.07, 6.45) is 9.51. The molecule has 1 N–H and O–H groups in total.